The van der Waals surface area contributed by atoms with Crippen LogP contribution >= 0.6 is 0 Å². The van der Waals surface area contributed by atoms with E-state index in [1.807, 2.05) is 41.9 Å². The summed E-state index contributed by atoms with van der Waals surface area (Å²) in [6.45, 7) is 2.66. The molecule has 1 saturated carbocycles. The van der Waals surface area contributed by atoms with Crippen LogP contribution in [-0.4, -0.2) is 19.4 Å². The number of nitrogens with one attached hydrogen (secondary N) is 1. The molecule has 3 heterocycles. The van der Waals surface area contributed by atoms with Crippen molar-refractivity contribution in [2.45, 2.75) is 38.6 Å². The summed E-state index contributed by atoms with van der Waals surface area (Å²) in [5.41, 5.74) is 4.15. The maximum atomic E-state index is 4.67. The van der Waals surface area contributed by atoms with Crippen LogP contribution in [-0.2, 0) is 6.54 Å². The molecule has 1 fully saturated rings. The van der Waals surface area contributed by atoms with Crippen LogP contribution in [0.25, 0.3) is 5.65 Å². The Labute approximate surface area is 129 Å². The Kier molecular flexibility index (Phi) is 3.25. The van der Waals surface area contributed by atoms with Gasteiger partial charge in [0.25, 0.3) is 0 Å². The van der Waals surface area contributed by atoms with Crippen molar-refractivity contribution in [3.63, 3.8) is 0 Å². The summed E-state index contributed by atoms with van der Waals surface area (Å²) in [5.74, 6) is 1.33. The lowest BCUT2D eigenvalue weighted by atomic mass is 9.83. The second-order valence-corrected chi connectivity index (χ2v) is 5.94. The molecule has 0 atom stereocenters. The minimum absolute atomic E-state index is 0.623. The minimum Gasteiger partial charge on any atom is -0.348 e. The SMILES string of the molecule is Cc1cc(C2CCC2)nc(NCc2cn3ccccc3n2)n1. The van der Waals surface area contributed by atoms with Gasteiger partial charge in [-0.15, -0.1) is 0 Å². The zero-order valence-electron chi connectivity index (χ0n) is 12.7. The molecule has 0 saturated heterocycles. The number of pyridine rings is 1. The van der Waals surface area contributed by atoms with Crippen LogP contribution in [0.5, 0.6) is 0 Å². The molecule has 1 aliphatic rings. The van der Waals surface area contributed by atoms with E-state index in [9.17, 15) is 0 Å². The first-order valence-electron chi connectivity index (χ1n) is 7.80. The number of rotatable bonds is 4. The fourth-order valence-corrected chi connectivity index (χ4v) is 2.83. The minimum atomic E-state index is 0.623. The molecule has 1 aliphatic carbocycles. The first kappa shape index (κ1) is 13.2. The van der Waals surface area contributed by atoms with E-state index in [0.29, 0.717) is 18.4 Å². The fourth-order valence-electron chi connectivity index (χ4n) is 2.83. The number of nitrogens with zero attached hydrogens (tertiary/aromatic N) is 4. The summed E-state index contributed by atoms with van der Waals surface area (Å²) in [4.78, 5) is 13.7. The van der Waals surface area contributed by atoms with Gasteiger partial charge in [0, 0.05) is 29.7 Å². The Hall–Kier alpha value is -2.43. The molecule has 0 aromatic carbocycles. The summed E-state index contributed by atoms with van der Waals surface area (Å²) in [6.07, 6.45) is 7.86. The normalized spacial score (nSPS) is 15.0. The van der Waals surface area contributed by atoms with Crippen LogP contribution in [0.1, 0.15) is 42.3 Å². The number of anilines is 1. The number of fused-ring (bicyclic) bond motifs is 1. The second kappa shape index (κ2) is 5.40. The first-order valence-corrected chi connectivity index (χ1v) is 7.80. The van der Waals surface area contributed by atoms with E-state index in [1.54, 1.807) is 0 Å². The first-order chi connectivity index (χ1) is 10.8. The van der Waals surface area contributed by atoms with Crippen molar-refractivity contribution >= 4 is 11.6 Å². The van der Waals surface area contributed by atoms with Gasteiger partial charge in [0.05, 0.1) is 12.2 Å². The smallest absolute Gasteiger partial charge is 0.223 e. The molecule has 0 radical (unpaired) electrons. The van der Waals surface area contributed by atoms with Gasteiger partial charge in [-0.2, -0.15) is 0 Å². The third-order valence-corrected chi connectivity index (χ3v) is 4.24. The predicted octanol–water partition coefficient (Wildman–Crippen LogP) is 3.31. The largest absolute Gasteiger partial charge is 0.348 e. The van der Waals surface area contributed by atoms with Gasteiger partial charge in [0.1, 0.15) is 5.65 Å². The number of hydrogen-bond donors (Lipinski definition) is 1. The summed E-state index contributed by atoms with van der Waals surface area (Å²) in [7, 11) is 0. The van der Waals surface area contributed by atoms with Crippen LogP contribution in [0.15, 0.2) is 36.7 Å². The summed E-state index contributed by atoms with van der Waals surface area (Å²) in [5, 5.41) is 3.31. The van der Waals surface area contributed by atoms with E-state index < -0.39 is 0 Å². The molecule has 1 N–H and O–H groups in total. The zero-order valence-corrected chi connectivity index (χ0v) is 12.7. The number of hydrogen-bond acceptors (Lipinski definition) is 4. The van der Waals surface area contributed by atoms with Gasteiger partial charge in [-0.05, 0) is 38.0 Å². The van der Waals surface area contributed by atoms with Crippen molar-refractivity contribution in [1.29, 1.82) is 0 Å². The highest BCUT2D eigenvalue weighted by Gasteiger charge is 2.21. The molecule has 3 aromatic rings. The summed E-state index contributed by atoms with van der Waals surface area (Å²) >= 11 is 0. The van der Waals surface area contributed by atoms with Crippen molar-refractivity contribution in [3.8, 4) is 0 Å². The Bertz CT molecular complexity index is 771. The molecule has 5 heteroatoms. The second-order valence-electron chi connectivity index (χ2n) is 5.94. The molecule has 0 spiro atoms. The molecule has 0 aliphatic heterocycles. The molecule has 4 rings (SSSR count). The van der Waals surface area contributed by atoms with Crippen molar-refractivity contribution in [3.05, 3.63) is 53.7 Å². The zero-order chi connectivity index (χ0) is 14.9. The van der Waals surface area contributed by atoms with Gasteiger partial charge in [0.2, 0.25) is 5.95 Å². The maximum Gasteiger partial charge on any atom is 0.223 e. The highest BCUT2D eigenvalue weighted by atomic mass is 15.1. The fraction of sp³-hybridized carbons (Fsp3) is 0.353. The van der Waals surface area contributed by atoms with Crippen molar-refractivity contribution < 1.29 is 0 Å². The van der Waals surface area contributed by atoms with Crippen LogP contribution in [0.4, 0.5) is 5.95 Å². The Morgan fingerprint density at radius 3 is 2.91 bits per heavy atom. The molecule has 0 bridgehead atoms. The third kappa shape index (κ3) is 2.54. The van der Waals surface area contributed by atoms with Gasteiger partial charge < -0.3 is 9.72 Å². The lowest BCUT2D eigenvalue weighted by Gasteiger charge is -2.25. The van der Waals surface area contributed by atoms with Gasteiger partial charge in [-0.1, -0.05) is 12.5 Å². The van der Waals surface area contributed by atoms with E-state index in [0.717, 1.165) is 17.0 Å². The topological polar surface area (TPSA) is 55.1 Å². The number of aryl methyl sites for hydroxylation is 1. The quantitative estimate of drug-likeness (QED) is 0.802. The van der Waals surface area contributed by atoms with Crippen molar-refractivity contribution in [2.24, 2.45) is 0 Å². The molecule has 22 heavy (non-hydrogen) atoms. The standard InChI is InChI=1S/C17H19N5/c1-12-9-15(13-5-4-6-13)21-17(19-12)18-10-14-11-22-8-3-2-7-16(22)20-14/h2-3,7-9,11,13H,4-6,10H2,1H3,(H,18,19,21). The highest BCUT2D eigenvalue weighted by molar-refractivity contribution is 5.40. The maximum absolute atomic E-state index is 4.67. The molecule has 3 aromatic heterocycles. The van der Waals surface area contributed by atoms with Gasteiger partial charge in [-0.3, -0.25) is 0 Å². The summed E-state index contributed by atoms with van der Waals surface area (Å²) < 4.78 is 2.02. The molecular formula is C17H19N5. The van der Waals surface area contributed by atoms with Crippen molar-refractivity contribution in [1.82, 2.24) is 19.4 Å². The lowest BCUT2D eigenvalue weighted by molar-refractivity contribution is 0.410. The third-order valence-electron chi connectivity index (χ3n) is 4.24. The lowest BCUT2D eigenvalue weighted by Crippen LogP contribution is -2.13. The van der Waals surface area contributed by atoms with Gasteiger partial charge in [-0.25, -0.2) is 15.0 Å². The molecule has 0 unspecified atom stereocenters. The van der Waals surface area contributed by atoms with E-state index in [4.69, 9.17) is 0 Å². The van der Waals surface area contributed by atoms with Crippen LogP contribution < -0.4 is 5.32 Å². The number of imidazole rings is 1. The average molecular weight is 293 g/mol. The van der Waals surface area contributed by atoms with Crippen LogP contribution in [0.3, 0.4) is 0 Å². The number of aromatic nitrogens is 4. The van der Waals surface area contributed by atoms with E-state index in [1.165, 1.54) is 25.0 Å². The summed E-state index contributed by atoms with van der Waals surface area (Å²) in [6, 6.07) is 8.11. The van der Waals surface area contributed by atoms with Crippen molar-refractivity contribution in [2.75, 3.05) is 5.32 Å². The van der Waals surface area contributed by atoms with Gasteiger partial charge in [0.15, 0.2) is 0 Å². The van der Waals surface area contributed by atoms with E-state index in [2.05, 4.69) is 26.3 Å². The Morgan fingerprint density at radius 2 is 2.14 bits per heavy atom. The van der Waals surface area contributed by atoms with Crippen LogP contribution in [0, 0.1) is 6.92 Å². The highest BCUT2D eigenvalue weighted by Crippen LogP contribution is 2.35. The predicted molar refractivity (Wildman–Crippen MR) is 85.9 cm³/mol. The molecule has 5 nitrogen and oxygen atoms in total. The van der Waals surface area contributed by atoms with Gasteiger partial charge >= 0.3 is 0 Å². The molecule has 112 valence electrons. The monoisotopic (exact) mass is 293 g/mol. The molecule has 0 amide bonds. The van der Waals surface area contributed by atoms with Crippen LogP contribution in [0.2, 0.25) is 0 Å². The van der Waals surface area contributed by atoms with E-state index >= 15 is 0 Å². The average Bonchev–Trinajstić information content (AvgIpc) is 2.85. The van der Waals surface area contributed by atoms with E-state index in [-0.39, 0.29) is 0 Å². The Morgan fingerprint density at radius 1 is 1.23 bits per heavy atom. The Balaban J connectivity index is 1.51. The molecular weight excluding hydrogens is 274 g/mol.